The number of methoxy groups -OCH3 is 1. The molecule has 0 spiro atoms. The van der Waals surface area contributed by atoms with Crippen LogP contribution in [0, 0.1) is 19.7 Å². The third-order valence-corrected chi connectivity index (χ3v) is 7.02. The largest absolute Gasteiger partial charge is 0.507 e. The molecule has 1 aliphatic rings. The van der Waals surface area contributed by atoms with Gasteiger partial charge in [0.25, 0.3) is 5.78 Å². The van der Waals surface area contributed by atoms with E-state index in [1.54, 1.807) is 24.3 Å². The van der Waals surface area contributed by atoms with Crippen LogP contribution in [0.4, 0.5) is 9.52 Å². The van der Waals surface area contributed by atoms with Crippen LogP contribution >= 0.6 is 11.3 Å². The summed E-state index contributed by atoms with van der Waals surface area (Å²) in [5.74, 6) is -1.83. The number of hydrogen-bond acceptors (Lipinski definition) is 6. The number of fused-ring (bicyclic) bond motifs is 1. The molecule has 176 valence electrons. The Morgan fingerprint density at radius 2 is 1.74 bits per heavy atom. The molecular formula is C27H21FN2O4S. The van der Waals surface area contributed by atoms with Gasteiger partial charge in [0.1, 0.15) is 17.3 Å². The van der Waals surface area contributed by atoms with Crippen LogP contribution in [0.2, 0.25) is 0 Å². The summed E-state index contributed by atoms with van der Waals surface area (Å²) < 4.78 is 19.8. The molecule has 0 bridgehead atoms. The van der Waals surface area contributed by atoms with Gasteiger partial charge in [0.15, 0.2) is 5.13 Å². The molecule has 6 nitrogen and oxygen atoms in total. The van der Waals surface area contributed by atoms with Crippen LogP contribution < -0.4 is 9.64 Å². The second-order valence-corrected chi connectivity index (χ2v) is 9.38. The number of aliphatic hydroxyl groups excluding tert-OH is 1. The summed E-state index contributed by atoms with van der Waals surface area (Å²) in [5.41, 5.74) is 3.50. The molecule has 1 aromatic heterocycles. The fraction of sp³-hybridized carbons (Fsp3) is 0.148. The van der Waals surface area contributed by atoms with Gasteiger partial charge in [-0.1, -0.05) is 29.5 Å². The fourth-order valence-electron chi connectivity index (χ4n) is 4.36. The van der Waals surface area contributed by atoms with Crippen molar-refractivity contribution in [2.24, 2.45) is 0 Å². The number of nitrogens with zero attached hydrogens (tertiary/aromatic N) is 2. The minimum absolute atomic E-state index is 0.0843. The Labute approximate surface area is 204 Å². The average Bonchev–Trinajstić information content (AvgIpc) is 3.38. The quantitative estimate of drug-likeness (QED) is 0.227. The lowest BCUT2D eigenvalue weighted by molar-refractivity contribution is -0.132. The molecule has 0 radical (unpaired) electrons. The average molecular weight is 489 g/mol. The van der Waals surface area contributed by atoms with Crippen LogP contribution in [0.1, 0.15) is 28.3 Å². The van der Waals surface area contributed by atoms with E-state index < -0.39 is 23.5 Å². The molecule has 0 saturated carbocycles. The van der Waals surface area contributed by atoms with E-state index in [2.05, 4.69) is 4.98 Å². The first-order valence-electron chi connectivity index (χ1n) is 10.9. The molecule has 4 aromatic rings. The van der Waals surface area contributed by atoms with Crippen LogP contribution in [-0.4, -0.2) is 28.9 Å². The maximum Gasteiger partial charge on any atom is 0.301 e. The molecule has 35 heavy (non-hydrogen) atoms. The Kier molecular flexibility index (Phi) is 5.61. The number of Topliss-reactive ketones (excluding diaryl/α,β-unsaturated/α-hetero) is 1. The monoisotopic (exact) mass is 488 g/mol. The molecule has 1 atom stereocenters. The summed E-state index contributed by atoms with van der Waals surface area (Å²) in [6, 6.07) is 15.0. The van der Waals surface area contributed by atoms with Gasteiger partial charge in [0.05, 0.1) is 28.9 Å². The van der Waals surface area contributed by atoms with Crippen LogP contribution in [-0.2, 0) is 9.59 Å². The number of ketones is 1. The Balaban J connectivity index is 1.72. The molecule has 3 aromatic carbocycles. The number of aryl methyl sites for hydroxylation is 2. The number of halogens is 1. The van der Waals surface area contributed by atoms with Gasteiger partial charge in [-0.25, -0.2) is 9.37 Å². The van der Waals surface area contributed by atoms with Crippen LogP contribution in [0.5, 0.6) is 5.75 Å². The third kappa shape index (κ3) is 3.85. The Hall–Kier alpha value is -4.04. The lowest BCUT2D eigenvalue weighted by Crippen LogP contribution is -2.29. The number of hydrogen-bond donors (Lipinski definition) is 1. The van der Waals surface area contributed by atoms with Gasteiger partial charge in [-0.2, -0.15) is 0 Å². The van der Waals surface area contributed by atoms with Crippen molar-refractivity contribution in [1.82, 2.24) is 4.98 Å². The number of aromatic nitrogens is 1. The SMILES string of the molecule is COc1ccc(C(O)=C2C(=O)C(=O)N(c3nc4c(C)cc(C)cc4s3)C2c2ccc(F)cc2)cc1. The number of anilines is 1. The second kappa shape index (κ2) is 8.63. The van der Waals surface area contributed by atoms with Gasteiger partial charge >= 0.3 is 5.91 Å². The number of thiazole rings is 1. The van der Waals surface area contributed by atoms with Gasteiger partial charge < -0.3 is 9.84 Å². The lowest BCUT2D eigenvalue weighted by atomic mass is 9.95. The number of rotatable bonds is 4. The highest BCUT2D eigenvalue weighted by Crippen LogP contribution is 2.44. The Bertz CT molecular complexity index is 1510. The summed E-state index contributed by atoms with van der Waals surface area (Å²) in [6.45, 7) is 3.92. The number of ether oxygens (including phenoxy) is 1. The molecule has 2 heterocycles. The van der Waals surface area contributed by atoms with E-state index in [0.717, 1.165) is 21.3 Å². The van der Waals surface area contributed by atoms with Crippen molar-refractivity contribution >= 4 is 44.1 Å². The minimum atomic E-state index is -0.973. The fourth-order valence-corrected chi connectivity index (χ4v) is 5.53. The number of carbonyl (C=O) groups is 2. The predicted molar refractivity (Wildman–Crippen MR) is 133 cm³/mol. The lowest BCUT2D eigenvalue weighted by Gasteiger charge is -2.23. The van der Waals surface area contributed by atoms with E-state index in [1.807, 2.05) is 26.0 Å². The Morgan fingerprint density at radius 1 is 1.06 bits per heavy atom. The predicted octanol–water partition coefficient (Wildman–Crippen LogP) is 5.69. The molecule has 1 unspecified atom stereocenters. The standard InChI is InChI=1S/C27H21FN2O4S/c1-14-12-15(2)22-20(13-14)35-27(29-22)30-23(16-4-8-18(28)9-5-16)21(25(32)26(30)33)24(31)17-6-10-19(34-3)11-7-17/h4-13,23,31H,1-3H3. The van der Waals surface area contributed by atoms with Crippen molar-refractivity contribution in [2.45, 2.75) is 19.9 Å². The highest BCUT2D eigenvalue weighted by molar-refractivity contribution is 7.22. The zero-order valence-corrected chi connectivity index (χ0v) is 20.0. The minimum Gasteiger partial charge on any atom is -0.507 e. The van der Waals surface area contributed by atoms with Gasteiger partial charge in [0, 0.05) is 5.56 Å². The van der Waals surface area contributed by atoms with Gasteiger partial charge in [-0.15, -0.1) is 0 Å². The van der Waals surface area contributed by atoms with E-state index in [-0.39, 0.29) is 11.3 Å². The summed E-state index contributed by atoms with van der Waals surface area (Å²) in [7, 11) is 1.52. The van der Waals surface area contributed by atoms with E-state index in [1.165, 1.54) is 47.6 Å². The highest BCUT2D eigenvalue weighted by atomic mass is 32.1. The molecule has 5 rings (SSSR count). The van der Waals surface area contributed by atoms with Crippen LogP contribution in [0.3, 0.4) is 0 Å². The number of amides is 1. The molecule has 1 N–H and O–H groups in total. The van der Waals surface area contributed by atoms with Crippen LogP contribution in [0.25, 0.3) is 16.0 Å². The zero-order valence-electron chi connectivity index (χ0n) is 19.2. The van der Waals surface area contributed by atoms with Crippen molar-refractivity contribution in [3.8, 4) is 5.75 Å². The van der Waals surface area contributed by atoms with E-state index in [4.69, 9.17) is 4.74 Å². The van der Waals surface area contributed by atoms with Gasteiger partial charge in [-0.3, -0.25) is 14.5 Å². The van der Waals surface area contributed by atoms with E-state index >= 15 is 0 Å². The maximum atomic E-state index is 13.7. The molecule has 1 amide bonds. The first-order chi connectivity index (χ1) is 16.8. The van der Waals surface area contributed by atoms with E-state index in [9.17, 15) is 19.1 Å². The van der Waals surface area contributed by atoms with Crippen molar-refractivity contribution in [2.75, 3.05) is 12.0 Å². The summed E-state index contributed by atoms with van der Waals surface area (Å²) >= 11 is 1.29. The normalized spacial score (nSPS) is 17.4. The smallest absolute Gasteiger partial charge is 0.301 e. The molecule has 8 heteroatoms. The second-order valence-electron chi connectivity index (χ2n) is 8.37. The molecule has 0 aliphatic carbocycles. The van der Waals surface area contributed by atoms with Crippen molar-refractivity contribution in [1.29, 1.82) is 0 Å². The third-order valence-electron chi connectivity index (χ3n) is 6.02. The summed E-state index contributed by atoms with van der Waals surface area (Å²) in [5, 5.41) is 11.5. The summed E-state index contributed by atoms with van der Waals surface area (Å²) in [4.78, 5) is 32.6. The zero-order chi connectivity index (χ0) is 24.9. The van der Waals surface area contributed by atoms with Gasteiger partial charge in [-0.05, 0) is 73.0 Å². The van der Waals surface area contributed by atoms with Crippen molar-refractivity contribution < 1.29 is 23.8 Å². The summed E-state index contributed by atoms with van der Waals surface area (Å²) in [6.07, 6.45) is 0. The topological polar surface area (TPSA) is 79.7 Å². The molecule has 1 fully saturated rings. The maximum absolute atomic E-state index is 13.7. The first kappa shape index (κ1) is 22.7. The van der Waals surface area contributed by atoms with Crippen LogP contribution in [0.15, 0.2) is 66.2 Å². The first-order valence-corrected chi connectivity index (χ1v) is 11.7. The Morgan fingerprint density at radius 3 is 2.40 bits per heavy atom. The number of carbonyl (C=O) groups excluding carboxylic acids is 2. The van der Waals surface area contributed by atoms with Crippen molar-refractivity contribution in [3.05, 3.63) is 94.3 Å². The van der Waals surface area contributed by atoms with Gasteiger partial charge in [0.2, 0.25) is 0 Å². The highest BCUT2D eigenvalue weighted by Gasteiger charge is 2.48. The number of aliphatic hydroxyl groups is 1. The number of benzene rings is 3. The molecular weight excluding hydrogens is 467 g/mol. The van der Waals surface area contributed by atoms with E-state index in [0.29, 0.717) is 22.0 Å². The molecule has 1 saturated heterocycles. The molecule has 1 aliphatic heterocycles. The van der Waals surface area contributed by atoms with Crippen molar-refractivity contribution in [3.63, 3.8) is 0 Å².